The summed E-state index contributed by atoms with van der Waals surface area (Å²) in [6, 6.07) is 12.9. The van der Waals surface area contributed by atoms with E-state index in [-0.39, 0.29) is 17.9 Å². The molecular formula is C19H20O4. The minimum Gasteiger partial charge on any atom is -0.427 e. The zero-order valence-corrected chi connectivity index (χ0v) is 13.8. The van der Waals surface area contributed by atoms with E-state index >= 15 is 0 Å². The summed E-state index contributed by atoms with van der Waals surface area (Å²) in [6.45, 7) is 6.84. The number of carbonyl (C=O) groups is 2. The number of carbonyl (C=O) groups excluding carboxylic acids is 2. The zero-order valence-electron chi connectivity index (χ0n) is 13.8. The van der Waals surface area contributed by atoms with E-state index in [1.807, 2.05) is 38.1 Å². The maximum Gasteiger partial charge on any atom is 0.308 e. The summed E-state index contributed by atoms with van der Waals surface area (Å²) in [5, 5.41) is 0. The molecule has 0 aliphatic carbocycles. The number of esters is 2. The van der Waals surface area contributed by atoms with Gasteiger partial charge in [-0.05, 0) is 35.2 Å². The van der Waals surface area contributed by atoms with Crippen molar-refractivity contribution in [1.29, 1.82) is 0 Å². The van der Waals surface area contributed by atoms with Gasteiger partial charge >= 0.3 is 11.9 Å². The second-order valence-corrected chi connectivity index (χ2v) is 5.59. The lowest BCUT2D eigenvalue weighted by Crippen LogP contribution is -2.06. The van der Waals surface area contributed by atoms with Gasteiger partial charge in [0.05, 0.1) is 0 Å². The molecule has 0 heterocycles. The fourth-order valence-electron chi connectivity index (χ4n) is 2.53. The normalized spacial score (nSPS) is 10.5. The maximum atomic E-state index is 11.3. The molecule has 2 rings (SSSR count). The Bertz CT molecular complexity index is 732. The van der Waals surface area contributed by atoms with Crippen LogP contribution in [0.4, 0.5) is 0 Å². The maximum absolute atomic E-state index is 11.3. The van der Waals surface area contributed by atoms with Crippen LogP contribution in [0, 0.1) is 0 Å². The van der Waals surface area contributed by atoms with E-state index in [9.17, 15) is 9.59 Å². The van der Waals surface area contributed by atoms with Crippen molar-refractivity contribution in [3.8, 4) is 22.6 Å². The van der Waals surface area contributed by atoms with Gasteiger partial charge in [-0.3, -0.25) is 9.59 Å². The molecule has 0 N–H and O–H groups in total. The van der Waals surface area contributed by atoms with Crippen molar-refractivity contribution < 1.29 is 19.1 Å². The highest BCUT2D eigenvalue weighted by molar-refractivity contribution is 5.76. The molecule has 0 saturated heterocycles. The third-order valence-corrected chi connectivity index (χ3v) is 3.30. The molecule has 0 bridgehead atoms. The van der Waals surface area contributed by atoms with Gasteiger partial charge in [0.25, 0.3) is 0 Å². The Hall–Kier alpha value is -2.62. The molecule has 2 aromatic carbocycles. The Morgan fingerprint density at radius 2 is 1.57 bits per heavy atom. The van der Waals surface area contributed by atoms with Gasteiger partial charge in [0.15, 0.2) is 0 Å². The van der Waals surface area contributed by atoms with Crippen LogP contribution in [0.2, 0.25) is 0 Å². The van der Waals surface area contributed by atoms with Crippen LogP contribution >= 0.6 is 0 Å². The van der Waals surface area contributed by atoms with Gasteiger partial charge in [0.1, 0.15) is 11.5 Å². The van der Waals surface area contributed by atoms with E-state index in [0.29, 0.717) is 11.5 Å². The van der Waals surface area contributed by atoms with Crippen LogP contribution in [0.5, 0.6) is 11.5 Å². The second kappa shape index (κ2) is 7.09. The fourth-order valence-corrected chi connectivity index (χ4v) is 2.53. The first-order valence-electron chi connectivity index (χ1n) is 7.48. The number of ether oxygens (including phenoxy) is 2. The molecule has 4 heteroatoms. The summed E-state index contributed by atoms with van der Waals surface area (Å²) < 4.78 is 10.5. The average molecular weight is 312 g/mol. The lowest BCUT2D eigenvalue weighted by atomic mass is 9.91. The average Bonchev–Trinajstić information content (AvgIpc) is 2.45. The first-order valence-corrected chi connectivity index (χ1v) is 7.48. The van der Waals surface area contributed by atoms with Crippen LogP contribution in [0.3, 0.4) is 0 Å². The van der Waals surface area contributed by atoms with Gasteiger partial charge in [0, 0.05) is 19.4 Å². The zero-order chi connectivity index (χ0) is 17.0. The third-order valence-electron chi connectivity index (χ3n) is 3.30. The lowest BCUT2D eigenvalue weighted by Gasteiger charge is -2.17. The standard InChI is InChI=1S/C19H20O4/c1-12(2)19-17(9-6-10-18(19)23-14(4)21)15-7-5-8-16(11-15)22-13(3)20/h5-12H,1-4H3. The molecule has 0 atom stereocenters. The molecule has 2 aromatic rings. The SMILES string of the molecule is CC(=O)Oc1cccc(-c2cccc(OC(C)=O)c2C(C)C)c1. The van der Waals surface area contributed by atoms with Gasteiger partial charge in [-0.1, -0.05) is 38.1 Å². The molecule has 0 saturated carbocycles. The molecule has 0 spiro atoms. The van der Waals surface area contributed by atoms with Crippen molar-refractivity contribution in [2.75, 3.05) is 0 Å². The van der Waals surface area contributed by atoms with Crippen LogP contribution < -0.4 is 9.47 Å². The summed E-state index contributed by atoms with van der Waals surface area (Å²) in [7, 11) is 0. The van der Waals surface area contributed by atoms with Crippen molar-refractivity contribution in [2.24, 2.45) is 0 Å². The molecule has 0 unspecified atom stereocenters. The molecule has 4 nitrogen and oxygen atoms in total. The molecule has 0 aliphatic rings. The highest BCUT2D eigenvalue weighted by atomic mass is 16.5. The summed E-state index contributed by atoms with van der Waals surface area (Å²) in [5.41, 5.74) is 2.80. The predicted octanol–water partition coefficient (Wildman–Crippen LogP) is 4.33. The van der Waals surface area contributed by atoms with Crippen molar-refractivity contribution in [1.82, 2.24) is 0 Å². The first-order chi connectivity index (χ1) is 10.9. The molecule has 0 amide bonds. The Kier molecular flexibility index (Phi) is 5.16. The van der Waals surface area contributed by atoms with Gasteiger partial charge in [-0.25, -0.2) is 0 Å². The fraction of sp³-hybridized carbons (Fsp3) is 0.263. The van der Waals surface area contributed by atoms with Crippen LogP contribution in [0.1, 0.15) is 39.2 Å². The smallest absolute Gasteiger partial charge is 0.308 e. The van der Waals surface area contributed by atoms with E-state index in [1.165, 1.54) is 13.8 Å². The van der Waals surface area contributed by atoms with Gasteiger partial charge in [0.2, 0.25) is 0 Å². The van der Waals surface area contributed by atoms with E-state index in [1.54, 1.807) is 18.2 Å². The lowest BCUT2D eigenvalue weighted by molar-refractivity contribution is -0.132. The molecule has 0 aromatic heterocycles. The van der Waals surface area contributed by atoms with E-state index in [0.717, 1.165) is 16.7 Å². The summed E-state index contributed by atoms with van der Waals surface area (Å²) in [5.74, 6) is 0.501. The number of benzene rings is 2. The van der Waals surface area contributed by atoms with Crippen LogP contribution in [-0.4, -0.2) is 11.9 Å². The molecule has 0 radical (unpaired) electrons. The molecule has 23 heavy (non-hydrogen) atoms. The van der Waals surface area contributed by atoms with E-state index in [2.05, 4.69) is 0 Å². The van der Waals surface area contributed by atoms with Gasteiger partial charge < -0.3 is 9.47 Å². The first kappa shape index (κ1) is 16.7. The Labute approximate surface area is 136 Å². The molecule has 120 valence electrons. The summed E-state index contributed by atoms with van der Waals surface area (Å²) in [6.07, 6.45) is 0. The molecule has 0 aliphatic heterocycles. The van der Waals surface area contributed by atoms with Crippen LogP contribution in [0.15, 0.2) is 42.5 Å². The Morgan fingerprint density at radius 1 is 0.913 bits per heavy atom. The quantitative estimate of drug-likeness (QED) is 0.623. The second-order valence-electron chi connectivity index (χ2n) is 5.59. The highest BCUT2D eigenvalue weighted by Crippen LogP contribution is 2.37. The minimum atomic E-state index is -0.361. The van der Waals surface area contributed by atoms with Crippen molar-refractivity contribution >= 4 is 11.9 Å². The minimum absolute atomic E-state index is 0.165. The summed E-state index contributed by atoms with van der Waals surface area (Å²) >= 11 is 0. The van der Waals surface area contributed by atoms with Crippen LogP contribution in [0.25, 0.3) is 11.1 Å². The Balaban J connectivity index is 2.54. The molecular weight excluding hydrogens is 292 g/mol. The van der Waals surface area contributed by atoms with Gasteiger partial charge in [-0.15, -0.1) is 0 Å². The van der Waals surface area contributed by atoms with Crippen LogP contribution in [-0.2, 0) is 9.59 Å². The van der Waals surface area contributed by atoms with Crippen molar-refractivity contribution in [2.45, 2.75) is 33.6 Å². The molecule has 0 fully saturated rings. The van der Waals surface area contributed by atoms with Crippen molar-refractivity contribution in [3.05, 3.63) is 48.0 Å². The topological polar surface area (TPSA) is 52.6 Å². The monoisotopic (exact) mass is 312 g/mol. The van der Waals surface area contributed by atoms with Gasteiger partial charge in [-0.2, -0.15) is 0 Å². The third kappa shape index (κ3) is 4.19. The number of hydrogen-bond acceptors (Lipinski definition) is 4. The highest BCUT2D eigenvalue weighted by Gasteiger charge is 2.16. The number of hydrogen-bond donors (Lipinski definition) is 0. The van der Waals surface area contributed by atoms with Crippen molar-refractivity contribution in [3.63, 3.8) is 0 Å². The summed E-state index contributed by atoms with van der Waals surface area (Å²) in [4.78, 5) is 22.5. The Morgan fingerprint density at radius 3 is 2.17 bits per heavy atom. The van der Waals surface area contributed by atoms with E-state index in [4.69, 9.17) is 9.47 Å². The largest absolute Gasteiger partial charge is 0.427 e. The number of rotatable bonds is 4. The predicted molar refractivity (Wildman–Crippen MR) is 88.6 cm³/mol. The van der Waals surface area contributed by atoms with E-state index < -0.39 is 0 Å².